The minimum atomic E-state index is -0.665. The summed E-state index contributed by atoms with van der Waals surface area (Å²) >= 11 is 0. The molecule has 75 heavy (non-hydrogen) atoms. The van der Waals surface area contributed by atoms with Crippen molar-refractivity contribution in [2.24, 2.45) is 0 Å². The van der Waals surface area contributed by atoms with Crippen molar-refractivity contribution in [1.82, 2.24) is 5.32 Å². The molecule has 0 aromatic carbocycles. The van der Waals surface area contributed by atoms with Crippen molar-refractivity contribution in [2.75, 3.05) is 13.2 Å². The number of hydrogen-bond donors (Lipinski definition) is 3. The fraction of sp³-hybridized carbons (Fsp3) is 0.913. The molecule has 0 aromatic rings. The van der Waals surface area contributed by atoms with Crippen molar-refractivity contribution in [3.63, 3.8) is 0 Å². The van der Waals surface area contributed by atoms with Crippen LogP contribution in [0.25, 0.3) is 0 Å². The number of aliphatic hydroxyl groups is 2. The van der Waals surface area contributed by atoms with Crippen LogP contribution in [0.15, 0.2) is 24.3 Å². The molecule has 0 bridgehead atoms. The zero-order valence-corrected chi connectivity index (χ0v) is 50.8. The molecular weight excluding hydrogens is 923 g/mol. The predicted molar refractivity (Wildman–Crippen MR) is 329 cm³/mol. The molecule has 0 fully saturated rings. The third-order valence-electron chi connectivity index (χ3n) is 16.0. The third kappa shape index (κ3) is 61.4. The number of rotatable bonds is 64. The number of unbranched alkanes of at least 4 members (excludes halogenated alkanes) is 49. The number of esters is 1. The molecule has 6 nitrogen and oxygen atoms in total. The van der Waals surface area contributed by atoms with Crippen LogP contribution >= 0.6 is 0 Å². The van der Waals surface area contributed by atoms with E-state index in [4.69, 9.17) is 4.74 Å². The number of carbonyl (C=O) groups excluding carboxylic acids is 2. The van der Waals surface area contributed by atoms with Gasteiger partial charge >= 0.3 is 5.97 Å². The Morgan fingerprint density at radius 2 is 0.693 bits per heavy atom. The van der Waals surface area contributed by atoms with E-state index in [1.165, 1.54) is 295 Å². The summed E-state index contributed by atoms with van der Waals surface area (Å²) in [6.45, 7) is 4.92. The lowest BCUT2D eigenvalue weighted by Gasteiger charge is -2.22. The van der Waals surface area contributed by atoms with Crippen LogP contribution in [0.3, 0.4) is 0 Å². The summed E-state index contributed by atoms with van der Waals surface area (Å²) < 4.78 is 5.47. The van der Waals surface area contributed by atoms with Crippen molar-refractivity contribution >= 4 is 11.9 Å². The molecule has 6 heteroatoms. The van der Waals surface area contributed by atoms with Gasteiger partial charge in [0.25, 0.3) is 0 Å². The second-order valence-corrected chi connectivity index (χ2v) is 23.5. The van der Waals surface area contributed by atoms with Gasteiger partial charge in [-0.1, -0.05) is 340 Å². The molecule has 0 spiro atoms. The van der Waals surface area contributed by atoms with Gasteiger partial charge in [-0.05, 0) is 51.4 Å². The van der Waals surface area contributed by atoms with Crippen molar-refractivity contribution in [3.8, 4) is 0 Å². The first kappa shape index (κ1) is 73.3. The van der Waals surface area contributed by atoms with Crippen molar-refractivity contribution in [3.05, 3.63) is 24.3 Å². The topological polar surface area (TPSA) is 95.9 Å². The van der Waals surface area contributed by atoms with Crippen LogP contribution < -0.4 is 5.32 Å². The molecule has 444 valence electrons. The highest BCUT2D eigenvalue weighted by molar-refractivity contribution is 5.76. The maximum atomic E-state index is 12.5. The molecule has 0 aliphatic carbocycles. The van der Waals surface area contributed by atoms with Crippen LogP contribution in [0.1, 0.15) is 380 Å². The highest BCUT2D eigenvalue weighted by Gasteiger charge is 2.20. The first-order chi connectivity index (χ1) is 37.0. The van der Waals surface area contributed by atoms with E-state index in [0.717, 1.165) is 51.4 Å². The summed E-state index contributed by atoms with van der Waals surface area (Å²) in [5.74, 6) is -0.0305. The van der Waals surface area contributed by atoms with Crippen molar-refractivity contribution < 1.29 is 24.5 Å². The Morgan fingerprint density at radius 3 is 1.07 bits per heavy atom. The van der Waals surface area contributed by atoms with Gasteiger partial charge in [0.15, 0.2) is 0 Å². The van der Waals surface area contributed by atoms with Crippen molar-refractivity contribution in [1.29, 1.82) is 0 Å². The van der Waals surface area contributed by atoms with Gasteiger partial charge in [-0.2, -0.15) is 0 Å². The first-order valence-corrected chi connectivity index (χ1v) is 34.1. The Balaban J connectivity index is 3.38. The largest absolute Gasteiger partial charge is 0.466 e. The van der Waals surface area contributed by atoms with Crippen LogP contribution in [-0.4, -0.2) is 47.4 Å². The van der Waals surface area contributed by atoms with E-state index in [-0.39, 0.29) is 18.5 Å². The maximum absolute atomic E-state index is 12.5. The average Bonchev–Trinajstić information content (AvgIpc) is 3.41. The fourth-order valence-electron chi connectivity index (χ4n) is 10.8. The van der Waals surface area contributed by atoms with Gasteiger partial charge in [0, 0.05) is 12.8 Å². The maximum Gasteiger partial charge on any atom is 0.305 e. The van der Waals surface area contributed by atoms with Crippen LogP contribution in [0.2, 0.25) is 0 Å². The summed E-state index contributed by atoms with van der Waals surface area (Å²) in [7, 11) is 0. The van der Waals surface area contributed by atoms with Gasteiger partial charge in [0.1, 0.15) is 0 Å². The van der Waals surface area contributed by atoms with E-state index in [9.17, 15) is 19.8 Å². The Labute approximate surface area is 469 Å². The quantitative estimate of drug-likeness (QED) is 0.0320. The first-order valence-electron chi connectivity index (χ1n) is 34.1. The average molecular weight is 1060 g/mol. The molecule has 2 unspecified atom stereocenters. The molecule has 1 amide bonds. The monoisotopic (exact) mass is 1060 g/mol. The van der Waals surface area contributed by atoms with E-state index in [1.807, 2.05) is 0 Å². The second kappa shape index (κ2) is 64.9. The van der Waals surface area contributed by atoms with Crippen LogP contribution in [0.5, 0.6) is 0 Å². The van der Waals surface area contributed by atoms with Crippen LogP contribution in [0, 0.1) is 0 Å². The molecule has 2 atom stereocenters. The van der Waals surface area contributed by atoms with Gasteiger partial charge in [-0.15, -0.1) is 0 Å². The molecule has 0 saturated heterocycles. The fourth-order valence-corrected chi connectivity index (χ4v) is 10.8. The van der Waals surface area contributed by atoms with Gasteiger partial charge in [-0.25, -0.2) is 0 Å². The number of allylic oxidation sites excluding steroid dienone is 4. The number of hydrogen-bond acceptors (Lipinski definition) is 5. The van der Waals surface area contributed by atoms with Gasteiger partial charge in [0.05, 0.1) is 25.4 Å². The summed E-state index contributed by atoms with van der Waals surface area (Å²) in [4.78, 5) is 24.6. The highest BCUT2D eigenvalue weighted by Crippen LogP contribution is 2.19. The van der Waals surface area contributed by atoms with E-state index < -0.39 is 12.1 Å². The zero-order chi connectivity index (χ0) is 54.3. The lowest BCUT2D eigenvalue weighted by molar-refractivity contribution is -0.143. The molecule has 0 saturated carbocycles. The molecule has 0 heterocycles. The normalized spacial score (nSPS) is 12.6. The smallest absolute Gasteiger partial charge is 0.305 e. The number of aliphatic hydroxyl groups excluding tert-OH is 2. The third-order valence-corrected chi connectivity index (χ3v) is 16.0. The number of amides is 1. The number of ether oxygens (including phenoxy) is 1. The lowest BCUT2D eigenvalue weighted by atomic mass is 10.0. The SMILES string of the molecule is CCC/C=C\C/C=C\CCCCCCCC(=O)OCCCCCCCCCCCCCCCCCCCCCCCCCC(=O)NC(CO)C(O)CCCCCCCCCCCCCCCCCCCCCCCC. The Morgan fingerprint density at radius 1 is 0.373 bits per heavy atom. The second-order valence-electron chi connectivity index (χ2n) is 23.5. The molecule has 0 radical (unpaired) electrons. The van der Waals surface area contributed by atoms with Gasteiger partial charge in [-0.3, -0.25) is 9.59 Å². The van der Waals surface area contributed by atoms with E-state index in [0.29, 0.717) is 25.9 Å². The van der Waals surface area contributed by atoms with E-state index in [1.54, 1.807) is 0 Å². The summed E-state index contributed by atoms with van der Waals surface area (Å²) in [5, 5.41) is 23.4. The molecule has 3 N–H and O–H groups in total. The van der Waals surface area contributed by atoms with Crippen molar-refractivity contribution in [2.45, 2.75) is 392 Å². The molecule has 0 aromatic heterocycles. The minimum absolute atomic E-state index is 0.000186. The number of nitrogens with one attached hydrogen (secondary N) is 1. The number of carbonyl (C=O) groups is 2. The molecular formula is C69H133NO5. The van der Waals surface area contributed by atoms with E-state index >= 15 is 0 Å². The van der Waals surface area contributed by atoms with Gasteiger partial charge in [0.2, 0.25) is 5.91 Å². The predicted octanol–water partition coefficient (Wildman–Crippen LogP) is 21.8. The summed E-state index contributed by atoms with van der Waals surface area (Å²) in [6, 6.07) is -0.542. The molecule has 0 aliphatic rings. The van der Waals surface area contributed by atoms with E-state index in [2.05, 4.69) is 43.5 Å². The summed E-state index contributed by atoms with van der Waals surface area (Å²) in [6.07, 6.45) is 80.7. The Hall–Kier alpha value is -1.66. The minimum Gasteiger partial charge on any atom is -0.466 e. The molecule has 0 aliphatic heterocycles. The standard InChI is InChI=1S/C69H133NO5/c1-3-5-7-9-11-13-15-17-18-19-20-21-25-28-31-34-38-41-45-49-53-57-61-67(72)66(65-71)70-68(73)62-58-54-50-46-42-39-35-32-29-26-23-22-24-27-30-33-36-40-44-48-52-56-60-64-75-69(74)63-59-55-51-47-43-37-16-14-12-10-8-6-4-2/h8,10,14,16,66-67,71-72H,3-7,9,11-13,15,17-65H2,1-2H3,(H,70,73)/b10-8-,16-14-. The lowest BCUT2D eigenvalue weighted by Crippen LogP contribution is -2.45. The zero-order valence-electron chi connectivity index (χ0n) is 50.8. The van der Waals surface area contributed by atoms with Gasteiger partial charge < -0.3 is 20.3 Å². The summed E-state index contributed by atoms with van der Waals surface area (Å²) in [5.41, 5.74) is 0. The van der Waals surface area contributed by atoms with Crippen LogP contribution in [-0.2, 0) is 14.3 Å². The molecule has 0 rings (SSSR count). The van der Waals surface area contributed by atoms with Crippen LogP contribution in [0.4, 0.5) is 0 Å². The Kier molecular flexibility index (Phi) is 63.4. The Bertz CT molecular complexity index is 1170. The highest BCUT2D eigenvalue weighted by atomic mass is 16.5.